The highest BCUT2D eigenvalue weighted by Crippen LogP contribution is 2.20. The third-order valence-electron chi connectivity index (χ3n) is 3.83. The molecule has 6 nitrogen and oxygen atoms in total. The number of carbonyl (C=O) groups excluding carboxylic acids is 1. The highest BCUT2D eigenvalue weighted by Gasteiger charge is 2.11. The van der Waals surface area contributed by atoms with E-state index in [1.807, 2.05) is 43.3 Å². The summed E-state index contributed by atoms with van der Waals surface area (Å²) in [5.41, 5.74) is 2.65. The fourth-order valence-electron chi connectivity index (χ4n) is 2.47. The van der Waals surface area contributed by atoms with E-state index in [2.05, 4.69) is 20.6 Å². The van der Waals surface area contributed by atoms with Gasteiger partial charge in [0.2, 0.25) is 0 Å². The van der Waals surface area contributed by atoms with Crippen LogP contribution < -0.4 is 15.5 Å². The number of carbonyl (C=O) groups is 1. The molecule has 1 aromatic heterocycles. The lowest BCUT2D eigenvalue weighted by atomic mass is 10.2. The van der Waals surface area contributed by atoms with Gasteiger partial charge in [0.1, 0.15) is 23.2 Å². The first-order chi connectivity index (χ1) is 12.9. The largest absolute Gasteiger partial charge is 0.378 e. The van der Waals surface area contributed by atoms with Crippen molar-refractivity contribution in [1.82, 2.24) is 9.97 Å². The maximum atomic E-state index is 13.0. The van der Waals surface area contributed by atoms with Gasteiger partial charge in [-0.15, -0.1) is 0 Å². The molecule has 3 aromatic rings. The summed E-state index contributed by atoms with van der Waals surface area (Å²) >= 11 is 0. The van der Waals surface area contributed by atoms with Crippen LogP contribution in [-0.4, -0.2) is 30.0 Å². The Morgan fingerprint density at radius 2 is 1.59 bits per heavy atom. The van der Waals surface area contributed by atoms with Gasteiger partial charge in [-0.3, -0.25) is 4.79 Å². The maximum Gasteiger partial charge on any atom is 0.274 e. The molecule has 0 aliphatic carbocycles. The number of nitrogens with one attached hydrogen (secondary N) is 2. The third-order valence-corrected chi connectivity index (χ3v) is 3.83. The van der Waals surface area contributed by atoms with E-state index in [1.54, 1.807) is 13.0 Å². The minimum atomic E-state index is -0.391. The average Bonchev–Trinajstić information content (AvgIpc) is 2.63. The Labute approximate surface area is 157 Å². The van der Waals surface area contributed by atoms with Crippen LogP contribution in [0.1, 0.15) is 16.3 Å². The lowest BCUT2D eigenvalue weighted by molar-refractivity contribution is 0.102. The summed E-state index contributed by atoms with van der Waals surface area (Å²) in [5, 5.41) is 5.87. The second-order valence-corrected chi connectivity index (χ2v) is 6.21. The van der Waals surface area contributed by atoms with Crippen LogP contribution in [0.2, 0.25) is 0 Å². The quantitative estimate of drug-likeness (QED) is 0.716. The van der Waals surface area contributed by atoms with Crippen LogP contribution in [0.4, 0.5) is 27.3 Å². The van der Waals surface area contributed by atoms with Gasteiger partial charge in [-0.1, -0.05) is 0 Å². The molecule has 0 fully saturated rings. The van der Waals surface area contributed by atoms with Gasteiger partial charge < -0.3 is 15.5 Å². The predicted octanol–water partition coefficient (Wildman–Crippen LogP) is 3.99. The molecule has 0 bridgehead atoms. The SMILES string of the molecule is Cc1nc(Nc2ccc(N(C)C)cc2)cc(C(=O)Nc2ccc(F)cc2)n1. The Balaban J connectivity index is 1.77. The lowest BCUT2D eigenvalue weighted by Crippen LogP contribution is -2.15. The third kappa shape index (κ3) is 4.78. The fourth-order valence-corrected chi connectivity index (χ4v) is 2.47. The van der Waals surface area contributed by atoms with E-state index < -0.39 is 5.91 Å². The molecule has 27 heavy (non-hydrogen) atoms. The number of rotatable bonds is 5. The van der Waals surface area contributed by atoms with Gasteiger partial charge in [-0.2, -0.15) is 0 Å². The smallest absolute Gasteiger partial charge is 0.274 e. The Morgan fingerprint density at radius 3 is 2.22 bits per heavy atom. The van der Waals surface area contributed by atoms with E-state index in [-0.39, 0.29) is 11.5 Å². The summed E-state index contributed by atoms with van der Waals surface area (Å²) in [7, 11) is 3.95. The first-order valence-electron chi connectivity index (χ1n) is 8.38. The number of benzene rings is 2. The molecule has 1 heterocycles. The Hall–Kier alpha value is -3.48. The van der Waals surface area contributed by atoms with Gasteiger partial charge in [-0.05, 0) is 55.5 Å². The van der Waals surface area contributed by atoms with Gasteiger partial charge >= 0.3 is 0 Å². The number of hydrogen-bond donors (Lipinski definition) is 2. The van der Waals surface area contributed by atoms with Crippen molar-refractivity contribution >= 4 is 28.8 Å². The van der Waals surface area contributed by atoms with E-state index in [1.165, 1.54) is 24.3 Å². The number of aromatic nitrogens is 2. The summed E-state index contributed by atoms with van der Waals surface area (Å²) in [5.74, 6) is 0.231. The Morgan fingerprint density at radius 1 is 0.963 bits per heavy atom. The van der Waals surface area contributed by atoms with Crippen LogP contribution in [-0.2, 0) is 0 Å². The second kappa shape index (κ2) is 7.82. The van der Waals surface area contributed by atoms with Gasteiger partial charge in [0, 0.05) is 37.2 Å². The fraction of sp³-hybridized carbons (Fsp3) is 0.150. The average molecular weight is 365 g/mol. The monoisotopic (exact) mass is 365 g/mol. The van der Waals surface area contributed by atoms with Crippen molar-refractivity contribution in [3.05, 3.63) is 71.9 Å². The molecular formula is C20H20FN5O. The van der Waals surface area contributed by atoms with Crippen LogP contribution in [0, 0.1) is 12.7 Å². The summed E-state index contributed by atoms with van der Waals surface area (Å²) < 4.78 is 13.0. The van der Waals surface area contributed by atoms with Crippen molar-refractivity contribution in [2.45, 2.75) is 6.92 Å². The standard InChI is InChI=1S/C20H20FN5O/c1-13-22-18(20(27)25-16-6-4-14(21)5-7-16)12-19(23-13)24-15-8-10-17(11-9-15)26(2)3/h4-12H,1-3H3,(H,25,27)(H,22,23,24). The molecule has 2 N–H and O–H groups in total. The number of anilines is 4. The summed E-state index contributed by atoms with van der Waals surface area (Å²) in [4.78, 5) is 23.0. The van der Waals surface area contributed by atoms with E-state index in [4.69, 9.17) is 0 Å². The summed E-state index contributed by atoms with van der Waals surface area (Å²) in [6.07, 6.45) is 0. The molecule has 0 unspecified atom stereocenters. The molecule has 0 radical (unpaired) electrons. The Bertz CT molecular complexity index is 940. The molecule has 0 saturated heterocycles. The van der Waals surface area contributed by atoms with Crippen molar-refractivity contribution in [2.24, 2.45) is 0 Å². The van der Waals surface area contributed by atoms with Crippen molar-refractivity contribution in [3.63, 3.8) is 0 Å². The zero-order chi connectivity index (χ0) is 19.4. The summed E-state index contributed by atoms with van der Waals surface area (Å²) in [6.45, 7) is 1.72. The van der Waals surface area contributed by atoms with Gasteiger partial charge in [0.15, 0.2) is 0 Å². The van der Waals surface area contributed by atoms with Crippen molar-refractivity contribution in [2.75, 3.05) is 29.6 Å². The van der Waals surface area contributed by atoms with Crippen molar-refractivity contribution < 1.29 is 9.18 Å². The van der Waals surface area contributed by atoms with Crippen molar-refractivity contribution in [3.8, 4) is 0 Å². The zero-order valence-corrected chi connectivity index (χ0v) is 15.3. The van der Waals surface area contributed by atoms with E-state index in [0.717, 1.165) is 11.4 Å². The number of amides is 1. The number of aryl methyl sites for hydroxylation is 1. The lowest BCUT2D eigenvalue weighted by Gasteiger charge is -2.13. The molecule has 0 aliphatic heterocycles. The van der Waals surface area contributed by atoms with Crippen LogP contribution in [0.25, 0.3) is 0 Å². The highest BCUT2D eigenvalue weighted by atomic mass is 19.1. The van der Waals surface area contributed by atoms with Crippen molar-refractivity contribution in [1.29, 1.82) is 0 Å². The van der Waals surface area contributed by atoms with E-state index in [9.17, 15) is 9.18 Å². The Kier molecular flexibility index (Phi) is 5.30. The van der Waals surface area contributed by atoms with Gasteiger partial charge in [-0.25, -0.2) is 14.4 Å². The number of halogens is 1. The number of nitrogens with zero attached hydrogens (tertiary/aromatic N) is 3. The second-order valence-electron chi connectivity index (χ2n) is 6.21. The molecular weight excluding hydrogens is 345 g/mol. The topological polar surface area (TPSA) is 70.2 Å². The van der Waals surface area contributed by atoms with Gasteiger partial charge in [0.05, 0.1) is 0 Å². The molecule has 0 spiro atoms. The predicted molar refractivity (Wildman–Crippen MR) is 105 cm³/mol. The minimum absolute atomic E-state index is 0.222. The molecule has 0 atom stereocenters. The first-order valence-corrected chi connectivity index (χ1v) is 8.38. The normalized spacial score (nSPS) is 10.4. The molecule has 138 valence electrons. The molecule has 7 heteroatoms. The van der Waals surface area contributed by atoms with Gasteiger partial charge in [0.25, 0.3) is 5.91 Å². The van der Waals surface area contributed by atoms with Crippen LogP contribution in [0.5, 0.6) is 0 Å². The molecule has 0 saturated carbocycles. The molecule has 3 rings (SSSR count). The van der Waals surface area contributed by atoms with E-state index in [0.29, 0.717) is 17.3 Å². The summed E-state index contributed by atoms with van der Waals surface area (Å²) in [6, 6.07) is 15.0. The van der Waals surface area contributed by atoms with Crippen LogP contribution in [0.3, 0.4) is 0 Å². The molecule has 0 aliphatic rings. The van der Waals surface area contributed by atoms with Crippen LogP contribution >= 0.6 is 0 Å². The maximum absolute atomic E-state index is 13.0. The number of hydrogen-bond acceptors (Lipinski definition) is 5. The first kappa shape index (κ1) is 18.3. The van der Waals surface area contributed by atoms with E-state index >= 15 is 0 Å². The zero-order valence-electron chi connectivity index (χ0n) is 15.3. The van der Waals surface area contributed by atoms with Crippen LogP contribution in [0.15, 0.2) is 54.6 Å². The minimum Gasteiger partial charge on any atom is -0.378 e. The molecule has 2 aromatic carbocycles. The molecule has 1 amide bonds. The highest BCUT2D eigenvalue weighted by molar-refractivity contribution is 6.03.